The predicted molar refractivity (Wildman–Crippen MR) is 106 cm³/mol. The Morgan fingerprint density at radius 2 is 1.19 bits per heavy atom. The summed E-state index contributed by atoms with van der Waals surface area (Å²) in [5.74, 6) is 0. The minimum absolute atomic E-state index is 0.0580. The fourth-order valence-corrected chi connectivity index (χ4v) is 3.94. The van der Waals surface area contributed by atoms with Gasteiger partial charge in [-0.15, -0.1) is 0 Å². The van der Waals surface area contributed by atoms with Crippen molar-refractivity contribution in [3.63, 3.8) is 0 Å². The lowest BCUT2D eigenvalue weighted by Gasteiger charge is -2.15. The van der Waals surface area contributed by atoms with Crippen molar-refractivity contribution in [2.75, 3.05) is 0 Å². The first-order valence-corrected chi connectivity index (χ1v) is 9.22. The van der Waals surface area contributed by atoms with Crippen LogP contribution in [0.1, 0.15) is 11.3 Å². The van der Waals surface area contributed by atoms with Crippen LogP contribution in [-0.4, -0.2) is 9.55 Å². The van der Waals surface area contributed by atoms with Crippen LogP contribution in [0.5, 0.6) is 0 Å². The van der Waals surface area contributed by atoms with Gasteiger partial charge in [0.15, 0.2) is 0 Å². The molecule has 2 heterocycles. The second-order valence-corrected chi connectivity index (χ2v) is 7.12. The Balaban J connectivity index is 1.85. The molecule has 8 heteroatoms. The third-order valence-electron chi connectivity index (χ3n) is 5.23. The van der Waals surface area contributed by atoms with E-state index < -0.39 is 23.6 Å². The van der Waals surface area contributed by atoms with E-state index in [-0.39, 0.29) is 17.0 Å². The van der Waals surface area contributed by atoms with Crippen molar-refractivity contribution in [1.29, 1.82) is 0 Å². The zero-order chi connectivity index (χ0) is 22.0. The number of hydrogen-bond donors (Lipinski definition) is 0. The van der Waals surface area contributed by atoms with Gasteiger partial charge in [0.25, 0.3) is 0 Å². The molecule has 0 saturated heterocycles. The molecule has 5 aromatic rings. The Bertz CT molecular complexity index is 1410. The molecule has 0 aliphatic carbocycles. The Labute approximate surface area is 171 Å². The van der Waals surface area contributed by atoms with E-state index in [9.17, 15) is 26.3 Å². The van der Waals surface area contributed by atoms with Crippen LogP contribution in [0.3, 0.4) is 0 Å². The van der Waals surface area contributed by atoms with Gasteiger partial charge in [0.1, 0.15) is 5.69 Å². The smallest absolute Gasteiger partial charge is 0.309 e. The van der Waals surface area contributed by atoms with E-state index in [0.29, 0.717) is 5.69 Å². The normalized spacial score (nSPS) is 12.8. The molecule has 0 spiro atoms. The second kappa shape index (κ2) is 6.47. The molecule has 0 fully saturated rings. The van der Waals surface area contributed by atoms with Crippen molar-refractivity contribution in [2.24, 2.45) is 0 Å². The lowest BCUT2D eigenvalue weighted by atomic mass is 10.1. The number of pyridine rings is 1. The summed E-state index contributed by atoms with van der Waals surface area (Å²) in [6.07, 6.45) is -9.95. The molecule has 0 unspecified atom stereocenters. The van der Waals surface area contributed by atoms with Crippen LogP contribution in [0.4, 0.5) is 26.3 Å². The highest BCUT2D eigenvalue weighted by Crippen LogP contribution is 2.39. The molecule has 31 heavy (non-hydrogen) atoms. The summed E-state index contributed by atoms with van der Waals surface area (Å²) in [5.41, 5.74) is -1.33. The van der Waals surface area contributed by atoms with Crippen LogP contribution in [0.15, 0.2) is 72.8 Å². The second-order valence-electron chi connectivity index (χ2n) is 7.12. The van der Waals surface area contributed by atoms with Gasteiger partial charge < -0.3 is 4.57 Å². The molecular formula is C23H12F6N2. The first-order chi connectivity index (χ1) is 14.6. The van der Waals surface area contributed by atoms with Crippen molar-refractivity contribution in [1.82, 2.24) is 9.55 Å². The Kier molecular flexibility index (Phi) is 4.05. The molecule has 5 rings (SSSR count). The van der Waals surface area contributed by atoms with Crippen molar-refractivity contribution in [2.45, 2.75) is 12.4 Å². The van der Waals surface area contributed by atoms with Gasteiger partial charge in [-0.1, -0.05) is 42.5 Å². The number of aromatic nitrogens is 2. The molecule has 2 nitrogen and oxygen atoms in total. The van der Waals surface area contributed by atoms with Crippen LogP contribution in [0.25, 0.3) is 38.4 Å². The van der Waals surface area contributed by atoms with Crippen LogP contribution in [0.2, 0.25) is 0 Å². The number of halogens is 6. The molecular weight excluding hydrogens is 418 g/mol. The van der Waals surface area contributed by atoms with E-state index in [2.05, 4.69) is 4.98 Å². The molecule has 0 aliphatic heterocycles. The highest BCUT2D eigenvalue weighted by atomic mass is 19.4. The maximum absolute atomic E-state index is 13.5. The SMILES string of the molecule is FC(F)(F)c1cc(C(F)(F)F)c2ccc(-n3c4ccccc4c4ccccc43)cc2n1. The molecule has 0 saturated carbocycles. The van der Waals surface area contributed by atoms with Crippen molar-refractivity contribution < 1.29 is 26.3 Å². The fourth-order valence-electron chi connectivity index (χ4n) is 3.94. The summed E-state index contributed by atoms with van der Waals surface area (Å²) in [7, 11) is 0. The van der Waals surface area contributed by atoms with E-state index in [4.69, 9.17) is 0 Å². The Hall–Kier alpha value is -3.55. The lowest BCUT2D eigenvalue weighted by molar-refractivity contribution is -0.144. The van der Waals surface area contributed by atoms with E-state index in [1.54, 1.807) is 4.57 Å². The van der Waals surface area contributed by atoms with Gasteiger partial charge in [0, 0.05) is 21.8 Å². The Morgan fingerprint density at radius 3 is 1.74 bits per heavy atom. The van der Waals surface area contributed by atoms with Gasteiger partial charge in [-0.05, 0) is 30.3 Å². The number of rotatable bonds is 1. The zero-order valence-corrected chi connectivity index (χ0v) is 15.6. The van der Waals surface area contributed by atoms with Crippen LogP contribution >= 0.6 is 0 Å². The first kappa shape index (κ1) is 19.4. The molecule has 0 amide bonds. The van der Waals surface area contributed by atoms with Crippen LogP contribution in [-0.2, 0) is 12.4 Å². The molecule has 0 N–H and O–H groups in total. The average molecular weight is 430 g/mol. The van der Waals surface area contributed by atoms with Gasteiger partial charge in [-0.25, -0.2) is 4.98 Å². The molecule has 0 bridgehead atoms. The van der Waals surface area contributed by atoms with Crippen LogP contribution < -0.4 is 0 Å². The molecule has 0 radical (unpaired) electrons. The predicted octanol–water partition coefficient (Wildman–Crippen LogP) is 7.37. The lowest BCUT2D eigenvalue weighted by Crippen LogP contribution is -2.13. The fraction of sp³-hybridized carbons (Fsp3) is 0.0870. The van der Waals surface area contributed by atoms with Gasteiger partial charge in [-0.2, -0.15) is 26.3 Å². The summed E-state index contributed by atoms with van der Waals surface area (Å²) in [6.45, 7) is 0. The molecule has 0 aliphatic rings. The molecule has 3 aromatic carbocycles. The van der Waals surface area contributed by atoms with E-state index in [1.165, 1.54) is 18.2 Å². The minimum atomic E-state index is -5.00. The third-order valence-corrected chi connectivity index (χ3v) is 5.23. The molecule has 2 aromatic heterocycles. The van der Waals surface area contributed by atoms with Gasteiger partial charge in [0.2, 0.25) is 0 Å². The number of fused-ring (bicyclic) bond motifs is 4. The summed E-state index contributed by atoms with van der Waals surface area (Å²) in [4.78, 5) is 3.51. The van der Waals surface area contributed by atoms with Crippen LogP contribution in [0, 0.1) is 0 Å². The molecule has 0 atom stereocenters. The molecule has 156 valence electrons. The maximum atomic E-state index is 13.5. The summed E-state index contributed by atoms with van der Waals surface area (Å²) in [6, 6.07) is 18.9. The largest absolute Gasteiger partial charge is 0.433 e. The zero-order valence-electron chi connectivity index (χ0n) is 15.6. The number of hydrogen-bond acceptors (Lipinski definition) is 1. The standard InChI is InChI=1S/C23H12F6N2/c24-22(25,26)17-12-21(23(27,28)29)30-18-11-13(9-10-16(17)18)31-19-7-3-1-5-14(19)15-6-2-4-8-20(15)31/h1-12H. The third kappa shape index (κ3) is 3.10. The maximum Gasteiger partial charge on any atom is 0.433 e. The minimum Gasteiger partial charge on any atom is -0.309 e. The number of nitrogens with zero attached hydrogens (tertiary/aromatic N) is 2. The number of para-hydroxylation sites is 2. The monoisotopic (exact) mass is 430 g/mol. The quantitative estimate of drug-likeness (QED) is 0.254. The van der Waals surface area contributed by atoms with Crippen molar-refractivity contribution >= 4 is 32.7 Å². The van der Waals surface area contributed by atoms with E-state index >= 15 is 0 Å². The van der Waals surface area contributed by atoms with Crippen molar-refractivity contribution in [3.8, 4) is 5.69 Å². The first-order valence-electron chi connectivity index (χ1n) is 9.22. The summed E-state index contributed by atoms with van der Waals surface area (Å²) < 4.78 is 82.0. The highest BCUT2D eigenvalue weighted by Gasteiger charge is 2.39. The topological polar surface area (TPSA) is 17.8 Å². The van der Waals surface area contributed by atoms with Crippen molar-refractivity contribution in [3.05, 3.63) is 84.1 Å². The highest BCUT2D eigenvalue weighted by molar-refractivity contribution is 6.09. The van der Waals surface area contributed by atoms with Gasteiger partial charge in [-0.3, -0.25) is 0 Å². The average Bonchev–Trinajstić information content (AvgIpc) is 3.05. The van der Waals surface area contributed by atoms with Gasteiger partial charge in [0.05, 0.1) is 22.1 Å². The summed E-state index contributed by atoms with van der Waals surface area (Å²) in [5, 5.41) is 1.46. The van der Waals surface area contributed by atoms with E-state index in [0.717, 1.165) is 21.8 Å². The van der Waals surface area contributed by atoms with Gasteiger partial charge >= 0.3 is 12.4 Å². The Morgan fingerprint density at radius 1 is 0.613 bits per heavy atom. The number of alkyl halides is 6. The summed E-state index contributed by atoms with van der Waals surface area (Å²) >= 11 is 0. The van der Waals surface area contributed by atoms with E-state index in [1.807, 2.05) is 48.5 Å². The number of benzene rings is 3.